The summed E-state index contributed by atoms with van der Waals surface area (Å²) in [7, 11) is 0. The average Bonchev–Trinajstić information content (AvgIpc) is 2.17. The van der Waals surface area contributed by atoms with Gasteiger partial charge in [-0.05, 0) is 23.5 Å². The van der Waals surface area contributed by atoms with Gasteiger partial charge in [0.25, 0.3) is 0 Å². The third-order valence-corrected chi connectivity index (χ3v) is 2.47. The molecule has 0 aliphatic heterocycles. The molecule has 1 N–H and O–H groups in total. The first kappa shape index (κ1) is 11.3. The normalized spacial score (nSPS) is 13.2. The maximum absolute atomic E-state index is 9.00. The van der Waals surface area contributed by atoms with Crippen LogP contribution in [0.5, 0.6) is 0 Å². The summed E-state index contributed by atoms with van der Waals surface area (Å²) >= 11 is 0. The number of aliphatic hydroxyl groups excluding tert-OH is 1. The molecule has 0 fully saturated rings. The van der Waals surface area contributed by atoms with Crippen molar-refractivity contribution in [3.63, 3.8) is 0 Å². The van der Waals surface area contributed by atoms with Crippen molar-refractivity contribution in [2.45, 2.75) is 33.1 Å². The Bertz CT molecular complexity index is 261. The predicted molar refractivity (Wildman–Crippen MR) is 60.5 cm³/mol. The van der Waals surface area contributed by atoms with E-state index in [0.29, 0.717) is 5.92 Å². The summed E-state index contributed by atoms with van der Waals surface area (Å²) in [6, 6.07) is 8.58. The largest absolute Gasteiger partial charge is 0.396 e. The molecule has 0 saturated carbocycles. The van der Waals surface area contributed by atoms with Crippen LogP contribution in [-0.4, -0.2) is 11.7 Å². The topological polar surface area (TPSA) is 20.2 Å². The summed E-state index contributed by atoms with van der Waals surface area (Å²) in [6.07, 6.45) is 1.13. The molecule has 1 rings (SSSR count). The molecule has 14 heavy (non-hydrogen) atoms. The molecular weight excluding hydrogens is 172 g/mol. The molecule has 0 heterocycles. The molecule has 1 heteroatoms. The van der Waals surface area contributed by atoms with Crippen molar-refractivity contribution in [2.24, 2.45) is 5.92 Å². The molecule has 1 aromatic carbocycles. The fraction of sp³-hybridized carbons (Fsp3) is 0.538. The van der Waals surface area contributed by atoms with E-state index < -0.39 is 0 Å². The molecule has 0 spiro atoms. The van der Waals surface area contributed by atoms with Gasteiger partial charge in [-0.15, -0.1) is 0 Å². The standard InChI is InChI=1S/C13H20O/c1-10(2)8-12-4-6-13(7-5-12)11(3)9-14/h4-7,10-11,14H,8-9H2,1-3H3. The van der Waals surface area contributed by atoms with Crippen molar-refractivity contribution in [1.29, 1.82) is 0 Å². The van der Waals surface area contributed by atoms with Gasteiger partial charge in [0.15, 0.2) is 0 Å². The van der Waals surface area contributed by atoms with Gasteiger partial charge < -0.3 is 5.11 Å². The zero-order valence-corrected chi connectivity index (χ0v) is 9.33. The lowest BCUT2D eigenvalue weighted by atomic mass is 9.97. The Kier molecular flexibility index (Phi) is 4.15. The second kappa shape index (κ2) is 5.16. The van der Waals surface area contributed by atoms with E-state index in [1.54, 1.807) is 0 Å². The summed E-state index contributed by atoms with van der Waals surface area (Å²) in [5.74, 6) is 0.958. The Balaban J connectivity index is 2.68. The highest BCUT2D eigenvalue weighted by molar-refractivity contribution is 5.25. The average molecular weight is 192 g/mol. The lowest BCUT2D eigenvalue weighted by Crippen LogP contribution is -1.99. The minimum atomic E-state index is 0.226. The van der Waals surface area contributed by atoms with E-state index in [-0.39, 0.29) is 12.5 Å². The number of benzene rings is 1. The molecule has 78 valence electrons. The fourth-order valence-electron chi connectivity index (χ4n) is 1.56. The number of hydrogen-bond acceptors (Lipinski definition) is 1. The Morgan fingerprint density at radius 1 is 1.07 bits per heavy atom. The summed E-state index contributed by atoms with van der Waals surface area (Å²) in [6.45, 7) is 6.72. The second-order valence-electron chi connectivity index (χ2n) is 4.42. The van der Waals surface area contributed by atoms with Gasteiger partial charge in [-0.1, -0.05) is 45.0 Å². The van der Waals surface area contributed by atoms with Gasteiger partial charge in [0, 0.05) is 12.5 Å². The summed E-state index contributed by atoms with van der Waals surface area (Å²) < 4.78 is 0. The summed E-state index contributed by atoms with van der Waals surface area (Å²) in [5, 5.41) is 9.00. The smallest absolute Gasteiger partial charge is 0.0497 e. The predicted octanol–water partition coefficient (Wildman–Crippen LogP) is 2.98. The van der Waals surface area contributed by atoms with Crippen LogP contribution in [0.25, 0.3) is 0 Å². The first-order chi connectivity index (χ1) is 6.63. The Morgan fingerprint density at radius 2 is 1.64 bits per heavy atom. The first-order valence-electron chi connectivity index (χ1n) is 5.33. The second-order valence-corrected chi connectivity index (χ2v) is 4.42. The van der Waals surface area contributed by atoms with E-state index >= 15 is 0 Å². The van der Waals surface area contributed by atoms with Gasteiger partial charge in [-0.3, -0.25) is 0 Å². The van der Waals surface area contributed by atoms with Crippen LogP contribution in [0.2, 0.25) is 0 Å². The molecule has 1 unspecified atom stereocenters. The third kappa shape index (κ3) is 3.15. The lowest BCUT2D eigenvalue weighted by Gasteiger charge is -2.10. The SMILES string of the molecule is CC(C)Cc1ccc(C(C)CO)cc1. The summed E-state index contributed by atoms with van der Waals surface area (Å²) in [5.41, 5.74) is 2.61. The Labute approximate surface area is 86.8 Å². The van der Waals surface area contributed by atoms with Crippen molar-refractivity contribution in [2.75, 3.05) is 6.61 Å². The zero-order chi connectivity index (χ0) is 10.6. The van der Waals surface area contributed by atoms with Crippen LogP contribution < -0.4 is 0 Å². The van der Waals surface area contributed by atoms with Gasteiger partial charge in [0.2, 0.25) is 0 Å². The van der Waals surface area contributed by atoms with Crippen LogP contribution in [0.3, 0.4) is 0 Å². The monoisotopic (exact) mass is 192 g/mol. The highest BCUT2D eigenvalue weighted by atomic mass is 16.3. The summed E-state index contributed by atoms with van der Waals surface area (Å²) in [4.78, 5) is 0. The molecule has 0 bridgehead atoms. The van der Waals surface area contributed by atoms with E-state index in [2.05, 4.69) is 38.1 Å². The number of hydrogen-bond donors (Lipinski definition) is 1. The van der Waals surface area contributed by atoms with Gasteiger partial charge in [-0.25, -0.2) is 0 Å². The van der Waals surface area contributed by atoms with Gasteiger partial charge >= 0.3 is 0 Å². The Hall–Kier alpha value is -0.820. The quantitative estimate of drug-likeness (QED) is 0.777. The zero-order valence-electron chi connectivity index (χ0n) is 9.33. The van der Waals surface area contributed by atoms with Crippen LogP contribution in [-0.2, 0) is 6.42 Å². The maximum atomic E-state index is 9.00. The van der Waals surface area contributed by atoms with Crippen LogP contribution >= 0.6 is 0 Å². The van der Waals surface area contributed by atoms with Crippen molar-refractivity contribution in [3.8, 4) is 0 Å². The van der Waals surface area contributed by atoms with Crippen LogP contribution in [0.4, 0.5) is 0 Å². The van der Waals surface area contributed by atoms with E-state index in [1.807, 2.05) is 6.92 Å². The Morgan fingerprint density at radius 3 is 2.07 bits per heavy atom. The fourth-order valence-corrected chi connectivity index (χ4v) is 1.56. The molecule has 1 nitrogen and oxygen atoms in total. The highest BCUT2D eigenvalue weighted by Gasteiger charge is 2.03. The van der Waals surface area contributed by atoms with E-state index in [9.17, 15) is 0 Å². The molecule has 0 radical (unpaired) electrons. The van der Waals surface area contributed by atoms with Crippen LogP contribution in [0, 0.1) is 5.92 Å². The molecule has 0 aromatic heterocycles. The lowest BCUT2D eigenvalue weighted by molar-refractivity contribution is 0.273. The molecule has 1 atom stereocenters. The molecule has 0 amide bonds. The van der Waals surface area contributed by atoms with E-state index in [4.69, 9.17) is 5.11 Å². The highest BCUT2D eigenvalue weighted by Crippen LogP contribution is 2.16. The van der Waals surface area contributed by atoms with Crippen molar-refractivity contribution < 1.29 is 5.11 Å². The van der Waals surface area contributed by atoms with E-state index in [1.165, 1.54) is 11.1 Å². The maximum Gasteiger partial charge on any atom is 0.0497 e. The molecular formula is C13H20O. The molecule has 0 aliphatic carbocycles. The minimum Gasteiger partial charge on any atom is -0.396 e. The third-order valence-electron chi connectivity index (χ3n) is 2.47. The van der Waals surface area contributed by atoms with Crippen molar-refractivity contribution in [3.05, 3.63) is 35.4 Å². The number of aliphatic hydroxyl groups is 1. The van der Waals surface area contributed by atoms with E-state index in [0.717, 1.165) is 6.42 Å². The minimum absolute atomic E-state index is 0.226. The van der Waals surface area contributed by atoms with Gasteiger partial charge in [0.05, 0.1) is 0 Å². The number of rotatable bonds is 4. The molecule has 0 saturated heterocycles. The first-order valence-corrected chi connectivity index (χ1v) is 5.33. The van der Waals surface area contributed by atoms with Crippen molar-refractivity contribution in [1.82, 2.24) is 0 Å². The van der Waals surface area contributed by atoms with Crippen LogP contribution in [0.15, 0.2) is 24.3 Å². The van der Waals surface area contributed by atoms with Gasteiger partial charge in [-0.2, -0.15) is 0 Å². The molecule has 1 aromatic rings. The van der Waals surface area contributed by atoms with Gasteiger partial charge in [0.1, 0.15) is 0 Å². The van der Waals surface area contributed by atoms with Crippen molar-refractivity contribution >= 4 is 0 Å². The molecule has 0 aliphatic rings. The van der Waals surface area contributed by atoms with Crippen LogP contribution in [0.1, 0.15) is 37.8 Å².